The molecule has 4 nitrogen and oxygen atoms in total. The molecule has 0 aliphatic carbocycles. The first-order chi connectivity index (χ1) is 10.7. The van der Waals surface area contributed by atoms with E-state index in [4.69, 9.17) is 10.7 Å². The third-order valence-corrected chi connectivity index (χ3v) is 3.78. The van der Waals surface area contributed by atoms with E-state index in [1.165, 1.54) is 0 Å². The Kier molecular flexibility index (Phi) is 3.92. The Morgan fingerprint density at radius 1 is 1.09 bits per heavy atom. The number of nitrogens with two attached hydrogens (primary N) is 1. The van der Waals surface area contributed by atoms with Crippen LogP contribution in [0.2, 0.25) is 0 Å². The van der Waals surface area contributed by atoms with E-state index in [0.717, 1.165) is 30.6 Å². The maximum Gasteiger partial charge on any atom is 0.266 e. The fraction of sp³-hybridized carbons (Fsp3) is 0.222. The van der Waals surface area contributed by atoms with Crippen LogP contribution in [0.1, 0.15) is 25.6 Å². The van der Waals surface area contributed by atoms with Crippen LogP contribution >= 0.6 is 0 Å². The molecular formula is C18H19N3O. The van der Waals surface area contributed by atoms with Crippen molar-refractivity contribution in [3.63, 3.8) is 0 Å². The molecule has 0 spiro atoms. The van der Waals surface area contributed by atoms with E-state index in [0.29, 0.717) is 16.8 Å². The maximum absolute atomic E-state index is 12.9. The van der Waals surface area contributed by atoms with E-state index >= 15 is 0 Å². The van der Waals surface area contributed by atoms with Gasteiger partial charge in [0.05, 0.1) is 22.3 Å². The molecule has 0 unspecified atom stereocenters. The van der Waals surface area contributed by atoms with Crippen molar-refractivity contribution in [2.24, 2.45) is 0 Å². The summed E-state index contributed by atoms with van der Waals surface area (Å²) in [6, 6.07) is 14.9. The van der Waals surface area contributed by atoms with Gasteiger partial charge in [-0.1, -0.05) is 37.6 Å². The summed E-state index contributed by atoms with van der Waals surface area (Å²) in [7, 11) is 0. The van der Waals surface area contributed by atoms with Gasteiger partial charge in [0.2, 0.25) is 0 Å². The van der Waals surface area contributed by atoms with Crippen molar-refractivity contribution in [2.45, 2.75) is 26.2 Å². The van der Waals surface area contributed by atoms with Gasteiger partial charge >= 0.3 is 0 Å². The van der Waals surface area contributed by atoms with E-state index in [9.17, 15) is 4.79 Å². The van der Waals surface area contributed by atoms with Gasteiger partial charge in [-0.25, -0.2) is 4.98 Å². The Balaban J connectivity index is 2.33. The number of nitrogen functional groups attached to an aromatic ring is 1. The molecule has 0 saturated carbocycles. The second-order valence-electron chi connectivity index (χ2n) is 5.35. The topological polar surface area (TPSA) is 60.9 Å². The zero-order chi connectivity index (χ0) is 15.5. The number of nitrogens with zero attached hydrogens (tertiary/aromatic N) is 2. The van der Waals surface area contributed by atoms with Crippen LogP contribution in [0.25, 0.3) is 16.6 Å². The largest absolute Gasteiger partial charge is 0.397 e. The zero-order valence-electron chi connectivity index (χ0n) is 12.6. The third kappa shape index (κ3) is 2.48. The maximum atomic E-state index is 12.9. The quantitative estimate of drug-likeness (QED) is 0.751. The highest BCUT2D eigenvalue weighted by molar-refractivity contribution is 5.78. The van der Waals surface area contributed by atoms with Crippen LogP contribution in [0.15, 0.2) is 53.3 Å². The van der Waals surface area contributed by atoms with E-state index < -0.39 is 0 Å². The van der Waals surface area contributed by atoms with Gasteiger partial charge in [0.25, 0.3) is 5.56 Å². The number of anilines is 1. The standard InChI is InChI=1S/C18H19N3O/c1-2-3-12-17-20-15-10-6-4-8-13(15)18(22)21(17)16-11-7-5-9-14(16)19/h4-11H,2-3,12,19H2,1H3. The molecule has 112 valence electrons. The Bertz CT molecular complexity index is 868. The highest BCUT2D eigenvalue weighted by atomic mass is 16.1. The van der Waals surface area contributed by atoms with Crippen LogP contribution < -0.4 is 11.3 Å². The molecule has 0 aliphatic rings. The zero-order valence-corrected chi connectivity index (χ0v) is 12.6. The summed E-state index contributed by atoms with van der Waals surface area (Å²) in [4.78, 5) is 17.6. The molecule has 3 aromatic rings. The summed E-state index contributed by atoms with van der Waals surface area (Å²) in [5.41, 5.74) is 8.04. The van der Waals surface area contributed by atoms with Crippen LogP contribution in [-0.2, 0) is 6.42 Å². The van der Waals surface area contributed by atoms with Crippen molar-refractivity contribution in [2.75, 3.05) is 5.73 Å². The second-order valence-corrected chi connectivity index (χ2v) is 5.35. The molecule has 0 atom stereocenters. The lowest BCUT2D eigenvalue weighted by molar-refractivity contribution is 0.721. The van der Waals surface area contributed by atoms with Gasteiger partial charge in [0.15, 0.2) is 0 Å². The molecule has 0 bridgehead atoms. The first-order valence-electron chi connectivity index (χ1n) is 7.58. The van der Waals surface area contributed by atoms with Crippen LogP contribution in [0.3, 0.4) is 0 Å². The summed E-state index contributed by atoms with van der Waals surface area (Å²) in [6.45, 7) is 2.13. The minimum absolute atomic E-state index is 0.0606. The van der Waals surface area contributed by atoms with Crippen molar-refractivity contribution in [1.82, 2.24) is 9.55 Å². The minimum atomic E-state index is -0.0606. The van der Waals surface area contributed by atoms with Crippen LogP contribution in [0, 0.1) is 0 Å². The average Bonchev–Trinajstić information content (AvgIpc) is 2.54. The predicted molar refractivity (Wildman–Crippen MR) is 90.4 cm³/mol. The van der Waals surface area contributed by atoms with Gasteiger partial charge in [-0.2, -0.15) is 0 Å². The number of para-hydroxylation sites is 3. The Morgan fingerprint density at radius 2 is 1.82 bits per heavy atom. The van der Waals surface area contributed by atoms with Crippen molar-refractivity contribution in [3.8, 4) is 5.69 Å². The second kappa shape index (κ2) is 6.02. The van der Waals surface area contributed by atoms with Gasteiger partial charge in [-0.05, 0) is 30.7 Å². The van der Waals surface area contributed by atoms with Gasteiger partial charge < -0.3 is 5.73 Å². The molecule has 0 radical (unpaired) electrons. The average molecular weight is 293 g/mol. The predicted octanol–water partition coefficient (Wildman–Crippen LogP) is 3.31. The fourth-order valence-corrected chi connectivity index (χ4v) is 2.62. The summed E-state index contributed by atoms with van der Waals surface area (Å²) < 4.78 is 1.66. The van der Waals surface area contributed by atoms with E-state index in [2.05, 4.69) is 6.92 Å². The summed E-state index contributed by atoms with van der Waals surface area (Å²) in [6.07, 6.45) is 2.79. The molecule has 2 N–H and O–H groups in total. The third-order valence-electron chi connectivity index (χ3n) is 3.78. The first kappa shape index (κ1) is 14.3. The van der Waals surface area contributed by atoms with E-state index in [1.54, 1.807) is 10.6 Å². The SMILES string of the molecule is CCCCc1nc2ccccc2c(=O)n1-c1ccccc1N. The number of unbranched alkanes of at least 4 members (excludes halogenated alkanes) is 1. The number of fused-ring (bicyclic) bond motifs is 1. The number of benzene rings is 2. The number of rotatable bonds is 4. The fourth-order valence-electron chi connectivity index (χ4n) is 2.62. The summed E-state index contributed by atoms with van der Waals surface area (Å²) in [5.74, 6) is 0.767. The number of hydrogen-bond acceptors (Lipinski definition) is 3. The molecule has 1 aromatic heterocycles. The van der Waals surface area contributed by atoms with E-state index in [1.807, 2.05) is 42.5 Å². The van der Waals surface area contributed by atoms with Crippen molar-refractivity contribution in [1.29, 1.82) is 0 Å². The number of aryl methyl sites for hydroxylation is 1. The Labute approximate surface area is 129 Å². The lowest BCUT2D eigenvalue weighted by Crippen LogP contribution is -2.24. The Hall–Kier alpha value is -2.62. The first-order valence-corrected chi connectivity index (χ1v) is 7.58. The summed E-state index contributed by atoms with van der Waals surface area (Å²) in [5, 5.41) is 0.617. The van der Waals surface area contributed by atoms with Crippen LogP contribution in [0.5, 0.6) is 0 Å². The van der Waals surface area contributed by atoms with Crippen LogP contribution in [-0.4, -0.2) is 9.55 Å². The van der Waals surface area contributed by atoms with Gasteiger partial charge in [0, 0.05) is 6.42 Å². The molecule has 0 saturated heterocycles. The molecule has 0 amide bonds. The molecule has 2 aromatic carbocycles. The number of aromatic nitrogens is 2. The lowest BCUT2D eigenvalue weighted by atomic mass is 10.2. The number of hydrogen-bond donors (Lipinski definition) is 1. The van der Waals surface area contributed by atoms with Gasteiger partial charge in [0.1, 0.15) is 5.82 Å². The van der Waals surface area contributed by atoms with Crippen molar-refractivity contribution < 1.29 is 0 Å². The normalized spacial score (nSPS) is 11.0. The molecule has 3 rings (SSSR count). The smallest absolute Gasteiger partial charge is 0.266 e. The lowest BCUT2D eigenvalue weighted by Gasteiger charge is -2.15. The van der Waals surface area contributed by atoms with E-state index in [-0.39, 0.29) is 5.56 Å². The van der Waals surface area contributed by atoms with Crippen LogP contribution in [0.4, 0.5) is 5.69 Å². The van der Waals surface area contributed by atoms with Crippen molar-refractivity contribution in [3.05, 3.63) is 64.7 Å². The van der Waals surface area contributed by atoms with Gasteiger partial charge in [-0.15, -0.1) is 0 Å². The highest BCUT2D eigenvalue weighted by Gasteiger charge is 2.13. The monoisotopic (exact) mass is 293 g/mol. The molecule has 4 heteroatoms. The van der Waals surface area contributed by atoms with Gasteiger partial charge in [-0.3, -0.25) is 9.36 Å². The molecule has 0 fully saturated rings. The van der Waals surface area contributed by atoms with Crippen molar-refractivity contribution >= 4 is 16.6 Å². The molecular weight excluding hydrogens is 274 g/mol. The molecule has 22 heavy (non-hydrogen) atoms. The Morgan fingerprint density at radius 3 is 2.59 bits per heavy atom. The highest BCUT2D eigenvalue weighted by Crippen LogP contribution is 2.19. The molecule has 0 aliphatic heterocycles. The minimum Gasteiger partial charge on any atom is -0.397 e. The molecule has 1 heterocycles. The summed E-state index contributed by atoms with van der Waals surface area (Å²) >= 11 is 0.